The van der Waals surface area contributed by atoms with E-state index in [0.717, 1.165) is 18.7 Å². The van der Waals surface area contributed by atoms with Crippen molar-refractivity contribution in [2.75, 3.05) is 33.4 Å². The Hall–Kier alpha value is -2.54. The Morgan fingerprint density at radius 1 is 1.27 bits per heavy atom. The van der Waals surface area contributed by atoms with Crippen molar-refractivity contribution in [3.63, 3.8) is 0 Å². The van der Waals surface area contributed by atoms with Gasteiger partial charge in [-0.05, 0) is 13.0 Å². The van der Waals surface area contributed by atoms with Crippen LogP contribution in [0.15, 0.2) is 35.5 Å². The zero-order valence-electron chi connectivity index (χ0n) is 15.3. The first-order chi connectivity index (χ1) is 12.6. The van der Waals surface area contributed by atoms with Crippen molar-refractivity contribution in [3.05, 3.63) is 41.1 Å². The van der Waals surface area contributed by atoms with Crippen molar-refractivity contribution < 1.29 is 24.0 Å². The van der Waals surface area contributed by atoms with Gasteiger partial charge < -0.3 is 25.0 Å². The molecular weight excluding hydrogens is 334 g/mol. The van der Waals surface area contributed by atoms with Gasteiger partial charge >= 0.3 is 12.0 Å². The number of carbonyl (C=O) groups excluding carboxylic acids is 2. The van der Waals surface area contributed by atoms with Crippen LogP contribution < -0.4 is 20.3 Å². The Balaban J connectivity index is 2.04. The van der Waals surface area contributed by atoms with E-state index >= 15 is 0 Å². The minimum Gasteiger partial charge on any atom is -0.496 e. The van der Waals surface area contributed by atoms with E-state index in [4.69, 9.17) is 9.47 Å². The highest BCUT2D eigenvalue weighted by atomic mass is 16.5. The highest BCUT2D eigenvalue weighted by Crippen LogP contribution is 2.33. The molecule has 0 saturated carbocycles. The zero-order valence-corrected chi connectivity index (χ0v) is 15.3. The number of methoxy groups -OCH3 is 1. The van der Waals surface area contributed by atoms with Crippen LogP contribution in [0, 0.1) is 0 Å². The number of amides is 2. The van der Waals surface area contributed by atoms with E-state index in [2.05, 4.69) is 10.6 Å². The third kappa shape index (κ3) is 3.83. The smallest absolute Gasteiger partial charge is 0.338 e. The Bertz CT molecular complexity index is 710. The normalized spacial score (nSPS) is 20.5. The molecule has 2 amide bonds. The zero-order chi connectivity index (χ0) is 18.5. The number of hydrogen-bond donors (Lipinski definition) is 3. The monoisotopic (exact) mass is 360 g/mol. The van der Waals surface area contributed by atoms with E-state index in [-0.39, 0.29) is 12.6 Å². The predicted molar refractivity (Wildman–Crippen MR) is 95.9 cm³/mol. The van der Waals surface area contributed by atoms with Gasteiger partial charge in [0.2, 0.25) is 0 Å². The lowest BCUT2D eigenvalue weighted by atomic mass is 9.94. The van der Waals surface area contributed by atoms with Gasteiger partial charge in [0.05, 0.1) is 44.1 Å². The third-order valence-electron chi connectivity index (χ3n) is 4.84. The highest BCUT2D eigenvalue weighted by molar-refractivity contribution is 5.95. The number of esters is 1. The van der Waals surface area contributed by atoms with Crippen LogP contribution >= 0.6 is 0 Å². The number of rotatable bonds is 6. The maximum Gasteiger partial charge on any atom is 0.338 e. The molecule has 7 nitrogen and oxygen atoms in total. The van der Waals surface area contributed by atoms with Gasteiger partial charge in [-0.3, -0.25) is 0 Å². The molecule has 1 saturated heterocycles. The van der Waals surface area contributed by atoms with E-state index in [1.165, 1.54) is 17.7 Å². The lowest BCUT2D eigenvalue weighted by molar-refractivity contribution is -0.882. The largest absolute Gasteiger partial charge is 0.496 e. The molecule has 2 aliphatic heterocycles. The van der Waals surface area contributed by atoms with Gasteiger partial charge in [0.25, 0.3) is 0 Å². The average Bonchev–Trinajstić information content (AvgIpc) is 3.14. The molecule has 0 radical (unpaired) electrons. The lowest BCUT2D eigenvalue weighted by Gasteiger charge is -2.30. The van der Waals surface area contributed by atoms with Gasteiger partial charge in [-0.1, -0.05) is 18.2 Å². The molecular formula is C19H26N3O4+. The first-order valence-corrected chi connectivity index (χ1v) is 9.08. The summed E-state index contributed by atoms with van der Waals surface area (Å²) in [5, 5.41) is 5.69. The van der Waals surface area contributed by atoms with Crippen molar-refractivity contribution >= 4 is 12.0 Å². The van der Waals surface area contributed by atoms with Crippen LogP contribution in [0.4, 0.5) is 4.79 Å². The number of para-hydroxylation sites is 1. The number of nitrogens with one attached hydrogen (secondary N) is 3. The summed E-state index contributed by atoms with van der Waals surface area (Å²) in [4.78, 5) is 26.4. The number of ether oxygens (including phenoxy) is 2. The first-order valence-electron chi connectivity index (χ1n) is 9.08. The molecule has 3 N–H and O–H groups in total. The third-order valence-corrected chi connectivity index (χ3v) is 4.84. The van der Waals surface area contributed by atoms with Crippen LogP contribution in [0.3, 0.4) is 0 Å². The van der Waals surface area contributed by atoms with E-state index in [9.17, 15) is 9.59 Å². The van der Waals surface area contributed by atoms with E-state index < -0.39 is 12.0 Å². The van der Waals surface area contributed by atoms with Gasteiger partial charge in [-0.25, -0.2) is 9.59 Å². The highest BCUT2D eigenvalue weighted by Gasteiger charge is 2.36. The summed E-state index contributed by atoms with van der Waals surface area (Å²) in [5.41, 5.74) is 1.83. The first kappa shape index (κ1) is 18.3. The number of likely N-dealkylation sites (tertiary alicyclic amines) is 1. The molecule has 2 aliphatic rings. The Morgan fingerprint density at radius 3 is 2.69 bits per heavy atom. The van der Waals surface area contributed by atoms with Gasteiger partial charge in [0, 0.05) is 18.4 Å². The predicted octanol–water partition coefficient (Wildman–Crippen LogP) is 0.545. The van der Waals surface area contributed by atoms with Crippen LogP contribution in [0.1, 0.15) is 31.4 Å². The van der Waals surface area contributed by atoms with Crippen LogP contribution in [-0.2, 0) is 9.53 Å². The summed E-state index contributed by atoms with van der Waals surface area (Å²) in [6, 6.07) is 6.47. The van der Waals surface area contributed by atoms with Gasteiger partial charge in [-0.2, -0.15) is 0 Å². The van der Waals surface area contributed by atoms with Gasteiger partial charge in [0.15, 0.2) is 0 Å². The number of hydrogen-bond acceptors (Lipinski definition) is 4. The number of carbonyl (C=O) groups is 2. The average molecular weight is 360 g/mol. The van der Waals surface area contributed by atoms with Gasteiger partial charge in [0.1, 0.15) is 12.3 Å². The molecule has 7 heteroatoms. The Morgan fingerprint density at radius 2 is 2.00 bits per heavy atom. The minimum absolute atomic E-state index is 0.277. The summed E-state index contributed by atoms with van der Waals surface area (Å²) in [7, 11) is 1.57. The summed E-state index contributed by atoms with van der Waals surface area (Å²) >= 11 is 0. The molecule has 3 rings (SSSR count). The fourth-order valence-corrected chi connectivity index (χ4v) is 3.65. The molecule has 26 heavy (non-hydrogen) atoms. The molecule has 1 aromatic carbocycles. The van der Waals surface area contributed by atoms with Crippen molar-refractivity contribution in [1.29, 1.82) is 0 Å². The second kappa shape index (κ2) is 8.23. The molecule has 1 fully saturated rings. The lowest BCUT2D eigenvalue weighted by Crippen LogP contribution is -3.10. The van der Waals surface area contributed by atoms with Crippen molar-refractivity contribution in [3.8, 4) is 5.75 Å². The minimum atomic E-state index is -0.601. The fourth-order valence-electron chi connectivity index (χ4n) is 3.65. The molecule has 2 heterocycles. The molecule has 0 unspecified atom stereocenters. The SMILES string of the molecule is CCOC(=O)C1=C(C[NH+]2CCCC2)NC(=O)N[C@@H]1c1ccccc1OC. The van der Waals surface area contributed by atoms with Crippen LogP contribution in [0.2, 0.25) is 0 Å². The number of quaternary nitrogens is 1. The summed E-state index contributed by atoms with van der Waals surface area (Å²) in [6.07, 6.45) is 2.33. The quantitative estimate of drug-likeness (QED) is 0.647. The summed E-state index contributed by atoms with van der Waals surface area (Å²) in [6.45, 7) is 4.74. The molecule has 0 aromatic heterocycles. The van der Waals surface area contributed by atoms with Crippen LogP contribution in [-0.4, -0.2) is 45.4 Å². The number of benzene rings is 1. The second-order valence-electron chi connectivity index (χ2n) is 6.52. The topological polar surface area (TPSA) is 81.1 Å². The fraction of sp³-hybridized carbons (Fsp3) is 0.474. The van der Waals surface area contributed by atoms with Crippen molar-refractivity contribution in [1.82, 2.24) is 10.6 Å². The molecule has 1 aromatic rings. The second-order valence-corrected chi connectivity index (χ2v) is 6.52. The van der Waals surface area contributed by atoms with Gasteiger partial charge in [-0.15, -0.1) is 0 Å². The number of urea groups is 1. The van der Waals surface area contributed by atoms with E-state index in [1.807, 2.05) is 24.3 Å². The van der Waals surface area contributed by atoms with Crippen molar-refractivity contribution in [2.45, 2.75) is 25.8 Å². The van der Waals surface area contributed by atoms with Crippen LogP contribution in [0.25, 0.3) is 0 Å². The van der Waals surface area contributed by atoms with Crippen molar-refractivity contribution in [2.24, 2.45) is 0 Å². The van der Waals surface area contributed by atoms with Crippen LogP contribution in [0.5, 0.6) is 5.75 Å². The molecule has 140 valence electrons. The standard InChI is InChI=1S/C19H25N3O4/c1-3-26-18(23)16-14(12-22-10-6-7-11-22)20-19(24)21-17(16)13-8-4-5-9-15(13)25-2/h4-5,8-9,17H,3,6-7,10-12H2,1-2H3,(H2,20,21,24)/p+1/t17-/m1/s1. The molecule has 0 spiro atoms. The summed E-state index contributed by atoms with van der Waals surface area (Å²) < 4.78 is 10.7. The summed E-state index contributed by atoms with van der Waals surface area (Å²) in [5.74, 6) is 0.207. The van der Waals surface area contributed by atoms with E-state index in [0.29, 0.717) is 23.6 Å². The molecule has 0 aliphatic carbocycles. The maximum atomic E-state index is 12.8. The Labute approximate surface area is 153 Å². The molecule has 1 atom stereocenters. The maximum absolute atomic E-state index is 12.8. The van der Waals surface area contributed by atoms with E-state index in [1.54, 1.807) is 14.0 Å². The molecule has 0 bridgehead atoms. The Kier molecular flexibility index (Phi) is 5.78.